The van der Waals surface area contributed by atoms with Gasteiger partial charge in [-0.25, -0.2) is 0 Å². The summed E-state index contributed by atoms with van der Waals surface area (Å²) in [6.45, 7) is 10.5. The average Bonchev–Trinajstić information content (AvgIpc) is 2.33. The summed E-state index contributed by atoms with van der Waals surface area (Å²) in [5.74, 6) is 0.0641. The second-order valence-electron chi connectivity index (χ2n) is 4.66. The lowest BCUT2D eigenvalue weighted by Gasteiger charge is -2.09. The highest BCUT2D eigenvalue weighted by atomic mass is 16.5. The lowest BCUT2D eigenvalue weighted by molar-refractivity contribution is 0.0756. The molecule has 0 aliphatic heterocycles. The van der Waals surface area contributed by atoms with E-state index in [2.05, 4.69) is 19.6 Å². The van der Waals surface area contributed by atoms with E-state index in [9.17, 15) is 4.79 Å². The second-order valence-corrected chi connectivity index (χ2v) is 4.66. The molecule has 98 valence electrons. The largest absolute Gasteiger partial charge is 0.373 e. The molecule has 0 saturated carbocycles. The van der Waals surface area contributed by atoms with Gasteiger partial charge in [0.25, 0.3) is 0 Å². The van der Waals surface area contributed by atoms with Crippen LogP contribution in [0.5, 0.6) is 0 Å². The van der Waals surface area contributed by atoms with Gasteiger partial charge in [-0.15, -0.1) is 6.58 Å². The number of unbranched alkanes of at least 4 members (excludes halogenated alkanes) is 1. The van der Waals surface area contributed by atoms with Crippen LogP contribution in [0.2, 0.25) is 0 Å². The molecular weight excluding hydrogens is 224 g/mol. The summed E-state index contributed by atoms with van der Waals surface area (Å²) < 4.78 is 5.38. The Hall–Kier alpha value is -1.41. The van der Waals surface area contributed by atoms with Crippen molar-refractivity contribution in [3.63, 3.8) is 0 Å². The SMILES string of the molecule is C=CCCCOCC(=O)c1cc(C)c(C)cc1C. The Morgan fingerprint density at radius 1 is 1.22 bits per heavy atom. The van der Waals surface area contributed by atoms with Crippen molar-refractivity contribution < 1.29 is 9.53 Å². The van der Waals surface area contributed by atoms with Gasteiger partial charge in [0.2, 0.25) is 0 Å². The van der Waals surface area contributed by atoms with Crippen LogP contribution in [0.3, 0.4) is 0 Å². The molecule has 2 heteroatoms. The smallest absolute Gasteiger partial charge is 0.188 e. The maximum absolute atomic E-state index is 12.0. The molecule has 0 bridgehead atoms. The molecule has 1 aromatic rings. The van der Waals surface area contributed by atoms with E-state index in [4.69, 9.17) is 4.74 Å². The minimum atomic E-state index is 0.0641. The molecule has 0 aromatic heterocycles. The quantitative estimate of drug-likeness (QED) is 0.416. The molecular formula is C16H22O2. The van der Waals surface area contributed by atoms with Gasteiger partial charge in [-0.3, -0.25) is 4.79 Å². The zero-order valence-electron chi connectivity index (χ0n) is 11.6. The van der Waals surface area contributed by atoms with Crippen LogP contribution in [-0.4, -0.2) is 19.0 Å². The van der Waals surface area contributed by atoms with E-state index in [0.717, 1.165) is 29.5 Å². The Morgan fingerprint density at radius 2 is 1.89 bits per heavy atom. The first-order chi connectivity index (χ1) is 8.56. The number of benzene rings is 1. The summed E-state index contributed by atoms with van der Waals surface area (Å²) in [4.78, 5) is 12.0. The van der Waals surface area contributed by atoms with Gasteiger partial charge in [0.1, 0.15) is 6.61 Å². The van der Waals surface area contributed by atoms with Crippen LogP contribution >= 0.6 is 0 Å². The molecule has 1 rings (SSSR count). The Kier molecular flexibility index (Phi) is 5.79. The van der Waals surface area contributed by atoms with E-state index in [1.54, 1.807) is 0 Å². The number of carbonyl (C=O) groups excluding carboxylic acids is 1. The number of aryl methyl sites for hydroxylation is 3. The van der Waals surface area contributed by atoms with Gasteiger partial charge in [-0.05, 0) is 56.4 Å². The number of carbonyl (C=O) groups is 1. The van der Waals surface area contributed by atoms with Gasteiger partial charge in [0, 0.05) is 12.2 Å². The first kappa shape index (κ1) is 14.7. The molecule has 0 fully saturated rings. The van der Waals surface area contributed by atoms with E-state index < -0.39 is 0 Å². The molecule has 1 aromatic carbocycles. The van der Waals surface area contributed by atoms with Crippen molar-refractivity contribution in [1.82, 2.24) is 0 Å². The summed E-state index contributed by atoms with van der Waals surface area (Å²) in [5.41, 5.74) is 4.17. The van der Waals surface area contributed by atoms with E-state index in [1.807, 2.05) is 26.0 Å². The van der Waals surface area contributed by atoms with Crippen LogP contribution in [0.25, 0.3) is 0 Å². The fraction of sp³-hybridized carbons (Fsp3) is 0.438. The molecule has 0 N–H and O–H groups in total. The van der Waals surface area contributed by atoms with Gasteiger partial charge < -0.3 is 4.74 Å². The molecule has 0 aliphatic rings. The molecule has 0 aliphatic carbocycles. The predicted octanol–water partition coefficient (Wildman–Crippen LogP) is 3.78. The third-order valence-electron chi connectivity index (χ3n) is 3.07. The summed E-state index contributed by atoms with van der Waals surface area (Å²) in [5, 5.41) is 0. The van der Waals surface area contributed by atoms with E-state index >= 15 is 0 Å². The highest BCUT2D eigenvalue weighted by Gasteiger charge is 2.10. The highest BCUT2D eigenvalue weighted by Crippen LogP contribution is 2.16. The standard InChI is InChI=1S/C16H22O2/c1-5-6-7-8-18-11-16(17)15-10-13(3)12(2)9-14(15)4/h5,9-10H,1,6-8,11H2,2-4H3. The van der Waals surface area contributed by atoms with Crippen molar-refractivity contribution in [1.29, 1.82) is 0 Å². The van der Waals surface area contributed by atoms with Crippen molar-refractivity contribution in [2.45, 2.75) is 33.6 Å². The van der Waals surface area contributed by atoms with E-state index in [1.165, 1.54) is 5.56 Å². The van der Waals surface area contributed by atoms with Crippen LogP contribution in [0.1, 0.15) is 39.9 Å². The topological polar surface area (TPSA) is 26.3 Å². The minimum Gasteiger partial charge on any atom is -0.373 e. The number of rotatable bonds is 7. The second kappa shape index (κ2) is 7.12. The van der Waals surface area contributed by atoms with Crippen molar-refractivity contribution in [3.05, 3.63) is 47.0 Å². The van der Waals surface area contributed by atoms with Crippen molar-refractivity contribution >= 4 is 5.78 Å². The Bertz CT molecular complexity index is 433. The first-order valence-corrected chi connectivity index (χ1v) is 6.36. The fourth-order valence-corrected chi connectivity index (χ4v) is 1.83. The summed E-state index contributed by atoms with van der Waals surface area (Å²) >= 11 is 0. The monoisotopic (exact) mass is 246 g/mol. The summed E-state index contributed by atoms with van der Waals surface area (Å²) in [6, 6.07) is 4.01. The Morgan fingerprint density at radius 3 is 2.56 bits per heavy atom. The molecule has 0 spiro atoms. The molecule has 0 amide bonds. The normalized spacial score (nSPS) is 10.4. The van der Waals surface area contributed by atoms with Gasteiger partial charge in [-0.1, -0.05) is 12.1 Å². The third-order valence-corrected chi connectivity index (χ3v) is 3.07. The van der Waals surface area contributed by atoms with Gasteiger partial charge in [0.15, 0.2) is 5.78 Å². The van der Waals surface area contributed by atoms with Crippen molar-refractivity contribution in [2.75, 3.05) is 13.2 Å². The molecule has 0 saturated heterocycles. The Labute approximate surface area is 110 Å². The maximum atomic E-state index is 12.0. The first-order valence-electron chi connectivity index (χ1n) is 6.36. The maximum Gasteiger partial charge on any atom is 0.188 e. The van der Waals surface area contributed by atoms with Crippen LogP contribution in [0.4, 0.5) is 0 Å². The highest BCUT2D eigenvalue weighted by molar-refractivity contribution is 5.98. The number of Topliss-reactive ketones (excluding diaryl/α,β-unsaturated/α-hetero) is 1. The van der Waals surface area contributed by atoms with Gasteiger partial charge in [-0.2, -0.15) is 0 Å². The molecule has 0 heterocycles. The van der Waals surface area contributed by atoms with Crippen LogP contribution in [-0.2, 0) is 4.74 Å². The minimum absolute atomic E-state index is 0.0641. The molecule has 0 atom stereocenters. The van der Waals surface area contributed by atoms with Gasteiger partial charge >= 0.3 is 0 Å². The van der Waals surface area contributed by atoms with Crippen LogP contribution < -0.4 is 0 Å². The number of hydrogen-bond donors (Lipinski definition) is 0. The summed E-state index contributed by atoms with van der Waals surface area (Å²) in [6.07, 6.45) is 3.71. The van der Waals surface area contributed by atoms with Crippen molar-refractivity contribution in [3.8, 4) is 0 Å². The molecule has 0 unspecified atom stereocenters. The molecule has 0 radical (unpaired) electrons. The fourth-order valence-electron chi connectivity index (χ4n) is 1.83. The van der Waals surface area contributed by atoms with Crippen molar-refractivity contribution in [2.24, 2.45) is 0 Å². The average molecular weight is 246 g/mol. The zero-order chi connectivity index (χ0) is 13.5. The van der Waals surface area contributed by atoms with E-state index in [-0.39, 0.29) is 12.4 Å². The molecule has 18 heavy (non-hydrogen) atoms. The number of ketones is 1. The van der Waals surface area contributed by atoms with Crippen LogP contribution in [0.15, 0.2) is 24.8 Å². The van der Waals surface area contributed by atoms with Gasteiger partial charge in [0.05, 0.1) is 0 Å². The third kappa shape index (κ3) is 4.11. The lowest BCUT2D eigenvalue weighted by atomic mass is 9.98. The van der Waals surface area contributed by atoms with E-state index in [0.29, 0.717) is 6.61 Å². The lowest BCUT2D eigenvalue weighted by Crippen LogP contribution is -2.12. The predicted molar refractivity (Wildman–Crippen MR) is 75.2 cm³/mol. The molecule has 2 nitrogen and oxygen atoms in total. The number of ether oxygens (including phenoxy) is 1. The van der Waals surface area contributed by atoms with Crippen LogP contribution in [0, 0.1) is 20.8 Å². The zero-order valence-corrected chi connectivity index (χ0v) is 11.6. The summed E-state index contributed by atoms with van der Waals surface area (Å²) in [7, 11) is 0. The number of allylic oxidation sites excluding steroid dienone is 1. The Balaban J connectivity index is 2.56. The number of hydrogen-bond acceptors (Lipinski definition) is 2.